The summed E-state index contributed by atoms with van der Waals surface area (Å²) in [6.07, 6.45) is 0.604. The Morgan fingerprint density at radius 2 is 1.67 bits per heavy atom. The predicted molar refractivity (Wildman–Crippen MR) is 110 cm³/mol. The summed E-state index contributed by atoms with van der Waals surface area (Å²) >= 11 is 6.34. The Balaban J connectivity index is 1.90. The molecule has 3 rings (SSSR count). The van der Waals surface area contributed by atoms with E-state index in [0.717, 1.165) is 0 Å². The maximum absolute atomic E-state index is 13.2. The highest BCUT2D eigenvalue weighted by molar-refractivity contribution is 6.36. The van der Waals surface area contributed by atoms with Gasteiger partial charge >= 0.3 is 0 Å². The van der Waals surface area contributed by atoms with Crippen molar-refractivity contribution in [2.24, 2.45) is 0 Å². The van der Waals surface area contributed by atoms with Gasteiger partial charge in [-0.3, -0.25) is 14.4 Å². The number of hydrazine groups is 1. The molecule has 1 aliphatic rings. The highest BCUT2D eigenvalue weighted by Gasteiger charge is 2.34. The number of hydrogen-bond donors (Lipinski definition) is 1. The first-order chi connectivity index (χ1) is 14.4. The number of nitrogens with one attached hydrogen (secondary N) is 1. The third-order valence-electron chi connectivity index (χ3n) is 4.51. The lowest BCUT2D eigenvalue weighted by Crippen LogP contribution is -2.45. The molecule has 30 heavy (non-hydrogen) atoms. The largest absolute Gasteiger partial charge is 0.481 e. The summed E-state index contributed by atoms with van der Waals surface area (Å²) in [6.45, 7) is 2.04. The number of pyridine rings is 1. The minimum atomic E-state index is -0.446. The average Bonchev–Trinajstić information content (AvgIpc) is 3.23. The number of carbonyl (C=O) groups excluding carboxylic acids is 3. The molecule has 9 nitrogen and oxygen atoms in total. The molecule has 1 aliphatic heterocycles. The van der Waals surface area contributed by atoms with E-state index in [9.17, 15) is 14.4 Å². The summed E-state index contributed by atoms with van der Waals surface area (Å²) in [5.74, 6) is -0.775. The van der Waals surface area contributed by atoms with Crippen LogP contribution < -0.4 is 14.8 Å². The molecule has 0 spiro atoms. The molecule has 1 N–H and O–H groups in total. The quantitative estimate of drug-likeness (QED) is 0.779. The first kappa shape index (κ1) is 21.4. The van der Waals surface area contributed by atoms with Crippen LogP contribution in [-0.4, -0.2) is 60.0 Å². The third kappa shape index (κ3) is 4.16. The summed E-state index contributed by atoms with van der Waals surface area (Å²) in [6, 6.07) is 7.85. The number of rotatable bonds is 5. The van der Waals surface area contributed by atoms with Crippen molar-refractivity contribution in [1.82, 2.24) is 15.0 Å². The van der Waals surface area contributed by atoms with Crippen LogP contribution in [0.1, 0.15) is 34.1 Å². The number of nitrogens with zero attached hydrogens (tertiary/aromatic N) is 3. The minimum absolute atomic E-state index is 0.101. The van der Waals surface area contributed by atoms with Crippen LogP contribution in [0.3, 0.4) is 0 Å². The van der Waals surface area contributed by atoms with Gasteiger partial charge in [0, 0.05) is 26.1 Å². The smallest absolute Gasteiger partial charge is 0.277 e. The van der Waals surface area contributed by atoms with Gasteiger partial charge in [0.15, 0.2) is 0 Å². The second-order valence-corrected chi connectivity index (χ2v) is 6.85. The highest BCUT2D eigenvalue weighted by Crippen LogP contribution is 2.29. The molecular formula is C20H21ClN4O5. The van der Waals surface area contributed by atoms with E-state index in [1.54, 1.807) is 30.3 Å². The van der Waals surface area contributed by atoms with Crippen molar-refractivity contribution in [3.05, 3.63) is 46.5 Å². The molecule has 3 amide bonds. The summed E-state index contributed by atoms with van der Waals surface area (Å²) in [5.41, 5.74) is 0.714. The maximum Gasteiger partial charge on any atom is 0.277 e. The second-order valence-electron chi connectivity index (χ2n) is 6.47. The fourth-order valence-electron chi connectivity index (χ4n) is 3.15. The van der Waals surface area contributed by atoms with Crippen molar-refractivity contribution in [3.8, 4) is 11.8 Å². The third-order valence-corrected chi connectivity index (χ3v) is 4.91. The van der Waals surface area contributed by atoms with Gasteiger partial charge in [0.1, 0.15) is 5.56 Å². The molecule has 2 heterocycles. The van der Waals surface area contributed by atoms with Crippen molar-refractivity contribution in [2.45, 2.75) is 13.3 Å². The van der Waals surface area contributed by atoms with Gasteiger partial charge in [-0.15, -0.1) is 0 Å². The molecule has 0 bridgehead atoms. The van der Waals surface area contributed by atoms with Gasteiger partial charge in [0.05, 0.1) is 30.5 Å². The van der Waals surface area contributed by atoms with Crippen molar-refractivity contribution in [3.63, 3.8) is 0 Å². The van der Waals surface area contributed by atoms with Gasteiger partial charge in [-0.2, -0.15) is 4.98 Å². The molecular weight excluding hydrogens is 412 g/mol. The Hall–Kier alpha value is -3.33. The number of ether oxygens (including phenoxy) is 2. The number of hydrogen-bond acceptors (Lipinski definition) is 6. The number of halogens is 1. The van der Waals surface area contributed by atoms with E-state index in [4.69, 9.17) is 21.1 Å². The van der Waals surface area contributed by atoms with Crippen molar-refractivity contribution >= 4 is 35.0 Å². The Bertz CT molecular complexity index is 997. The van der Waals surface area contributed by atoms with E-state index in [-0.39, 0.29) is 27.9 Å². The predicted octanol–water partition coefficient (Wildman–Crippen LogP) is 2.61. The number of carbonyl (C=O) groups is 3. The lowest BCUT2D eigenvalue weighted by atomic mass is 10.1. The van der Waals surface area contributed by atoms with Gasteiger partial charge in [-0.05, 0) is 24.6 Å². The monoisotopic (exact) mass is 432 g/mol. The topological polar surface area (TPSA) is 101 Å². The van der Waals surface area contributed by atoms with Crippen LogP contribution >= 0.6 is 11.6 Å². The molecule has 1 aromatic heterocycles. The van der Waals surface area contributed by atoms with Crippen LogP contribution in [-0.2, 0) is 4.79 Å². The Kier molecular flexibility index (Phi) is 6.41. The first-order valence-corrected chi connectivity index (χ1v) is 9.54. The van der Waals surface area contributed by atoms with Crippen LogP contribution in [0, 0.1) is 0 Å². The summed E-state index contributed by atoms with van der Waals surface area (Å²) < 4.78 is 10.3. The van der Waals surface area contributed by atoms with Crippen molar-refractivity contribution in [2.75, 3.05) is 32.6 Å². The van der Waals surface area contributed by atoms with Crippen molar-refractivity contribution < 1.29 is 23.9 Å². The fraction of sp³-hybridized carbons (Fsp3) is 0.300. The molecule has 1 aromatic carbocycles. The SMILES string of the molecule is COc1ccc(C(=O)N2CCCN2C(=O)c2cccc(NC(C)=O)c2Cl)c(OC)n1. The van der Waals surface area contributed by atoms with E-state index in [2.05, 4.69) is 10.3 Å². The zero-order valence-corrected chi connectivity index (χ0v) is 17.5. The minimum Gasteiger partial charge on any atom is -0.481 e. The number of aromatic nitrogens is 1. The molecule has 0 saturated carbocycles. The second kappa shape index (κ2) is 9.00. The zero-order chi connectivity index (χ0) is 21.8. The number of benzene rings is 1. The van der Waals surface area contributed by atoms with Gasteiger partial charge in [0.25, 0.3) is 11.8 Å². The molecule has 2 aromatic rings. The Morgan fingerprint density at radius 1 is 1.00 bits per heavy atom. The van der Waals surface area contributed by atoms with E-state index in [0.29, 0.717) is 31.1 Å². The normalized spacial score (nSPS) is 13.2. The highest BCUT2D eigenvalue weighted by atomic mass is 35.5. The van der Waals surface area contributed by atoms with Gasteiger partial charge in [-0.1, -0.05) is 17.7 Å². The number of anilines is 1. The summed E-state index contributed by atoms with van der Waals surface area (Å²) in [7, 11) is 2.86. The fourth-order valence-corrected chi connectivity index (χ4v) is 3.41. The molecule has 0 unspecified atom stereocenters. The van der Waals surface area contributed by atoms with Crippen molar-refractivity contribution in [1.29, 1.82) is 0 Å². The molecule has 0 atom stereocenters. The van der Waals surface area contributed by atoms with Gasteiger partial charge in [0.2, 0.25) is 17.7 Å². The van der Waals surface area contributed by atoms with E-state index in [1.165, 1.54) is 31.2 Å². The molecule has 0 aliphatic carbocycles. The average molecular weight is 433 g/mol. The maximum atomic E-state index is 13.2. The van der Waals surface area contributed by atoms with Crippen LogP contribution in [0.15, 0.2) is 30.3 Å². The van der Waals surface area contributed by atoms with Gasteiger partial charge < -0.3 is 14.8 Å². The van der Waals surface area contributed by atoms with E-state index in [1.807, 2.05) is 0 Å². The number of methoxy groups -OCH3 is 2. The molecule has 1 saturated heterocycles. The van der Waals surface area contributed by atoms with E-state index >= 15 is 0 Å². The van der Waals surface area contributed by atoms with Gasteiger partial charge in [-0.25, -0.2) is 10.0 Å². The lowest BCUT2D eigenvalue weighted by molar-refractivity contribution is -0.114. The Labute approximate surface area is 178 Å². The first-order valence-electron chi connectivity index (χ1n) is 9.16. The number of amides is 3. The Morgan fingerprint density at radius 3 is 2.27 bits per heavy atom. The van der Waals surface area contributed by atoms with Crippen LogP contribution in [0.2, 0.25) is 5.02 Å². The zero-order valence-electron chi connectivity index (χ0n) is 16.8. The standard InChI is InChI=1S/C20H21ClN4O5/c1-12(26)22-15-7-4-6-13(17(15)21)19(27)24-10-5-11-25(24)20(28)14-8-9-16(29-2)23-18(14)30-3/h4,6-9H,5,10-11H2,1-3H3,(H,22,26). The summed E-state index contributed by atoms with van der Waals surface area (Å²) in [4.78, 5) is 41.8. The molecule has 1 fully saturated rings. The molecule has 0 radical (unpaired) electrons. The van der Waals surface area contributed by atoms with Crippen LogP contribution in [0.5, 0.6) is 11.8 Å². The van der Waals surface area contributed by atoms with E-state index < -0.39 is 11.8 Å². The van der Waals surface area contributed by atoms with Crippen LogP contribution in [0.25, 0.3) is 0 Å². The summed E-state index contributed by atoms with van der Waals surface area (Å²) in [5, 5.41) is 5.38. The molecule has 10 heteroatoms. The van der Waals surface area contributed by atoms with Crippen LogP contribution in [0.4, 0.5) is 5.69 Å². The molecule has 158 valence electrons. The lowest BCUT2D eigenvalue weighted by Gasteiger charge is -2.28.